The highest BCUT2D eigenvalue weighted by Gasteiger charge is 2.19. The predicted molar refractivity (Wildman–Crippen MR) is 67.0 cm³/mol. The normalized spacial score (nSPS) is 10.7. The lowest BCUT2D eigenvalue weighted by molar-refractivity contribution is 0.0689. The summed E-state index contributed by atoms with van der Waals surface area (Å²) in [4.78, 5) is 11.1. The largest absolute Gasteiger partial charge is 0.476 e. The van der Waals surface area contributed by atoms with Crippen LogP contribution in [0.15, 0.2) is 18.2 Å². The molecule has 0 aliphatic heterocycles. The standard InChI is InChI=1S/C13H14FN3O2/c1-3-4-11-12(13(18)19)15-16-17(11)9-6-5-8(2)10(14)7-9/h5-7H,3-4H2,1-2H3,(H,18,19). The first kappa shape index (κ1) is 13.2. The third-order valence-corrected chi connectivity index (χ3v) is 2.85. The van der Waals surface area contributed by atoms with Crippen LogP contribution in [0.1, 0.15) is 35.1 Å². The molecule has 2 rings (SSSR count). The lowest BCUT2D eigenvalue weighted by Crippen LogP contribution is -2.07. The van der Waals surface area contributed by atoms with Gasteiger partial charge in [-0.1, -0.05) is 24.6 Å². The third-order valence-electron chi connectivity index (χ3n) is 2.85. The van der Waals surface area contributed by atoms with Gasteiger partial charge in [0.25, 0.3) is 0 Å². The Kier molecular flexibility index (Phi) is 3.59. The van der Waals surface area contributed by atoms with Gasteiger partial charge in [-0.25, -0.2) is 13.9 Å². The number of aromatic carboxylic acids is 1. The van der Waals surface area contributed by atoms with Crippen LogP contribution in [0.4, 0.5) is 4.39 Å². The number of benzene rings is 1. The molecule has 0 saturated heterocycles. The Bertz CT molecular complexity index is 622. The second kappa shape index (κ2) is 5.17. The number of halogens is 1. The molecule has 1 aromatic heterocycles. The summed E-state index contributed by atoms with van der Waals surface area (Å²) in [6.07, 6.45) is 1.27. The summed E-state index contributed by atoms with van der Waals surface area (Å²) >= 11 is 0. The molecule has 0 saturated carbocycles. The molecule has 1 heterocycles. The molecule has 0 atom stereocenters. The molecule has 0 radical (unpaired) electrons. The maximum atomic E-state index is 13.6. The molecule has 5 nitrogen and oxygen atoms in total. The number of carboxylic acid groups (broad SMARTS) is 1. The summed E-state index contributed by atoms with van der Waals surface area (Å²) < 4.78 is 15.0. The van der Waals surface area contributed by atoms with Crippen molar-refractivity contribution in [2.45, 2.75) is 26.7 Å². The summed E-state index contributed by atoms with van der Waals surface area (Å²) in [6.45, 7) is 3.59. The number of rotatable bonds is 4. The predicted octanol–water partition coefficient (Wildman–Crippen LogP) is 2.37. The van der Waals surface area contributed by atoms with E-state index >= 15 is 0 Å². The fourth-order valence-electron chi connectivity index (χ4n) is 1.85. The Labute approximate surface area is 109 Å². The molecule has 0 aliphatic rings. The SMILES string of the molecule is CCCc1c(C(=O)O)nnn1-c1ccc(C)c(F)c1. The van der Waals surface area contributed by atoms with Crippen LogP contribution >= 0.6 is 0 Å². The van der Waals surface area contributed by atoms with Gasteiger partial charge in [0.15, 0.2) is 5.69 Å². The molecular weight excluding hydrogens is 249 g/mol. The Balaban J connectivity index is 2.55. The summed E-state index contributed by atoms with van der Waals surface area (Å²) in [6, 6.07) is 4.65. The van der Waals surface area contributed by atoms with E-state index in [1.807, 2.05) is 6.92 Å². The van der Waals surface area contributed by atoms with Crippen molar-refractivity contribution in [1.29, 1.82) is 0 Å². The van der Waals surface area contributed by atoms with E-state index in [9.17, 15) is 9.18 Å². The van der Waals surface area contributed by atoms with E-state index in [0.29, 0.717) is 23.4 Å². The van der Waals surface area contributed by atoms with E-state index in [1.165, 1.54) is 10.7 Å². The van der Waals surface area contributed by atoms with Crippen LogP contribution in [0.5, 0.6) is 0 Å². The zero-order valence-electron chi connectivity index (χ0n) is 10.7. The highest BCUT2D eigenvalue weighted by atomic mass is 19.1. The molecule has 0 bridgehead atoms. The average Bonchev–Trinajstić information content (AvgIpc) is 2.77. The monoisotopic (exact) mass is 263 g/mol. The molecule has 0 unspecified atom stereocenters. The van der Waals surface area contributed by atoms with Crippen LogP contribution in [0.2, 0.25) is 0 Å². The lowest BCUT2D eigenvalue weighted by atomic mass is 10.2. The molecule has 0 fully saturated rings. The second-order valence-corrected chi connectivity index (χ2v) is 4.29. The minimum atomic E-state index is -1.12. The number of carboxylic acids is 1. The summed E-state index contributed by atoms with van der Waals surface area (Å²) in [5, 5.41) is 16.5. The van der Waals surface area contributed by atoms with Crippen LogP contribution in [-0.4, -0.2) is 26.1 Å². The van der Waals surface area contributed by atoms with Crippen LogP contribution in [0, 0.1) is 12.7 Å². The van der Waals surface area contributed by atoms with Gasteiger partial charge in [-0.2, -0.15) is 0 Å². The van der Waals surface area contributed by atoms with Crippen LogP contribution in [0.25, 0.3) is 5.69 Å². The first-order chi connectivity index (χ1) is 9.04. The van der Waals surface area contributed by atoms with Crippen LogP contribution < -0.4 is 0 Å². The quantitative estimate of drug-likeness (QED) is 0.919. The Hall–Kier alpha value is -2.24. The summed E-state index contributed by atoms with van der Waals surface area (Å²) in [7, 11) is 0. The molecule has 19 heavy (non-hydrogen) atoms. The maximum Gasteiger partial charge on any atom is 0.358 e. The number of aromatic nitrogens is 3. The van der Waals surface area contributed by atoms with Crippen molar-refractivity contribution in [3.63, 3.8) is 0 Å². The smallest absolute Gasteiger partial charge is 0.358 e. The molecule has 0 amide bonds. The van der Waals surface area contributed by atoms with E-state index < -0.39 is 5.97 Å². The van der Waals surface area contributed by atoms with Gasteiger partial charge < -0.3 is 5.11 Å². The first-order valence-corrected chi connectivity index (χ1v) is 5.99. The molecule has 2 aromatic rings. The number of nitrogens with zero attached hydrogens (tertiary/aromatic N) is 3. The van der Waals surface area contributed by atoms with Gasteiger partial charge in [-0.3, -0.25) is 0 Å². The molecule has 6 heteroatoms. The number of carbonyl (C=O) groups is 1. The zero-order valence-corrected chi connectivity index (χ0v) is 10.7. The van der Waals surface area contributed by atoms with Crippen molar-refractivity contribution in [3.8, 4) is 5.69 Å². The average molecular weight is 263 g/mol. The molecule has 0 spiro atoms. The maximum absolute atomic E-state index is 13.6. The van der Waals surface area contributed by atoms with Crippen LogP contribution in [-0.2, 0) is 6.42 Å². The Morgan fingerprint density at radius 3 is 2.79 bits per heavy atom. The number of aryl methyl sites for hydroxylation is 1. The summed E-state index contributed by atoms with van der Waals surface area (Å²) in [5.41, 5.74) is 1.41. The Morgan fingerprint density at radius 1 is 1.47 bits per heavy atom. The lowest BCUT2D eigenvalue weighted by Gasteiger charge is -2.07. The molecule has 1 N–H and O–H groups in total. The number of hydrogen-bond donors (Lipinski definition) is 1. The van der Waals surface area contributed by atoms with Gasteiger partial charge in [0.2, 0.25) is 0 Å². The van der Waals surface area contributed by atoms with Gasteiger partial charge in [0.1, 0.15) is 5.82 Å². The van der Waals surface area contributed by atoms with E-state index in [-0.39, 0.29) is 11.5 Å². The van der Waals surface area contributed by atoms with Crippen molar-refractivity contribution in [3.05, 3.63) is 41.0 Å². The van der Waals surface area contributed by atoms with E-state index in [4.69, 9.17) is 5.11 Å². The first-order valence-electron chi connectivity index (χ1n) is 5.99. The van der Waals surface area contributed by atoms with Gasteiger partial charge in [-0.05, 0) is 31.0 Å². The molecule has 0 aliphatic carbocycles. The van der Waals surface area contributed by atoms with Crippen molar-refractivity contribution in [2.24, 2.45) is 0 Å². The van der Waals surface area contributed by atoms with Crippen molar-refractivity contribution >= 4 is 5.97 Å². The van der Waals surface area contributed by atoms with Crippen molar-refractivity contribution < 1.29 is 14.3 Å². The fraction of sp³-hybridized carbons (Fsp3) is 0.308. The number of hydrogen-bond acceptors (Lipinski definition) is 3. The van der Waals surface area contributed by atoms with Gasteiger partial charge in [-0.15, -0.1) is 5.10 Å². The topological polar surface area (TPSA) is 68.0 Å². The van der Waals surface area contributed by atoms with E-state index in [1.54, 1.807) is 19.1 Å². The highest BCUT2D eigenvalue weighted by molar-refractivity contribution is 5.86. The minimum absolute atomic E-state index is 0.0807. The Morgan fingerprint density at radius 2 is 2.21 bits per heavy atom. The third kappa shape index (κ3) is 2.47. The van der Waals surface area contributed by atoms with E-state index in [0.717, 1.165) is 6.42 Å². The molecule has 100 valence electrons. The zero-order chi connectivity index (χ0) is 14.0. The minimum Gasteiger partial charge on any atom is -0.476 e. The van der Waals surface area contributed by atoms with Gasteiger partial charge >= 0.3 is 5.97 Å². The second-order valence-electron chi connectivity index (χ2n) is 4.29. The van der Waals surface area contributed by atoms with Crippen molar-refractivity contribution in [1.82, 2.24) is 15.0 Å². The van der Waals surface area contributed by atoms with Crippen molar-refractivity contribution in [2.75, 3.05) is 0 Å². The van der Waals surface area contributed by atoms with Gasteiger partial charge in [0, 0.05) is 0 Å². The fourth-order valence-corrected chi connectivity index (χ4v) is 1.85. The van der Waals surface area contributed by atoms with E-state index in [2.05, 4.69) is 10.3 Å². The summed E-state index contributed by atoms with van der Waals surface area (Å²) in [5.74, 6) is -1.48. The highest BCUT2D eigenvalue weighted by Crippen LogP contribution is 2.17. The molecule has 1 aromatic carbocycles. The van der Waals surface area contributed by atoms with Gasteiger partial charge in [0.05, 0.1) is 11.4 Å². The van der Waals surface area contributed by atoms with Crippen LogP contribution in [0.3, 0.4) is 0 Å². The molecular formula is C13H14FN3O2.